The van der Waals surface area contributed by atoms with Crippen LogP contribution in [0.3, 0.4) is 0 Å². The number of likely N-dealkylation sites (tertiary alicyclic amines) is 1. The number of nitrogens with zero attached hydrogens (tertiary/aromatic N) is 3. The van der Waals surface area contributed by atoms with Gasteiger partial charge in [-0.15, -0.1) is 11.3 Å². The zero-order valence-corrected chi connectivity index (χ0v) is 20.0. The summed E-state index contributed by atoms with van der Waals surface area (Å²) in [6.07, 6.45) is 0.706. The van der Waals surface area contributed by atoms with Crippen LogP contribution in [0.1, 0.15) is 41.9 Å². The summed E-state index contributed by atoms with van der Waals surface area (Å²) in [5.74, 6) is -1.10. The Morgan fingerprint density at radius 1 is 1.18 bits per heavy atom. The van der Waals surface area contributed by atoms with E-state index in [9.17, 15) is 32.3 Å². The summed E-state index contributed by atoms with van der Waals surface area (Å²) in [4.78, 5) is 52.2. The molecule has 13 heteroatoms. The van der Waals surface area contributed by atoms with E-state index < -0.39 is 22.5 Å². The van der Waals surface area contributed by atoms with Gasteiger partial charge in [-0.1, -0.05) is 0 Å². The first-order chi connectivity index (χ1) is 15.4. The predicted molar refractivity (Wildman–Crippen MR) is 120 cm³/mol. The maximum atomic E-state index is 13.2. The molecule has 1 aliphatic rings. The van der Waals surface area contributed by atoms with E-state index in [1.807, 2.05) is 0 Å². The number of hydrogen-bond donors (Lipinski definition) is 0. The van der Waals surface area contributed by atoms with Gasteiger partial charge in [0.2, 0.25) is 0 Å². The number of hydrogen-bond acceptors (Lipinski definition) is 7. The van der Waals surface area contributed by atoms with Crippen molar-refractivity contribution < 1.29 is 27.5 Å². The molecule has 33 heavy (non-hydrogen) atoms. The highest BCUT2D eigenvalue weighted by Crippen LogP contribution is 2.32. The summed E-state index contributed by atoms with van der Waals surface area (Å²) in [5, 5.41) is 0.177. The van der Waals surface area contributed by atoms with E-state index in [-0.39, 0.29) is 57.9 Å². The second kappa shape index (κ2) is 9.92. The number of ether oxygens (including phenoxy) is 1. The quantitative estimate of drug-likeness (QED) is 0.559. The van der Waals surface area contributed by atoms with E-state index in [2.05, 4.69) is 0 Å². The molecule has 3 heterocycles. The topological polar surface area (TPSA) is 90.6 Å². The smallest absolute Gasteiger partial charge is 0.441 e. The van der Waals surface area contributed by atoms with Crippen molar-refractivity contribution in [3.8, 4) is 0 Å². The Kier molecular flexibility index (Phi) is 7.62. The van der Waals surface area contributed by atoms with Crippen LogP contribution in [-0.4, -0.2) is 56.4 Å². The average Bonchev–Trinajstić information content (AvgIpc) is 3.07. The van der Waals surface area contributed by atoms with Gasteiger partial charge in [0.25, 0.3) is 11.5 Å². The number of aryl methyl sites for hydroxylation is 2. The Labute approximate surface area is 195 Å². The first-order valence-corrected chi connectivity index (χ1v) is 12.2. The second-order valence-corrected chi connectivity index (χ2v) is 9.77. The Morgan fingerprint density at radius 2 is 1.82 bits per heavy atom. The van der Waals surface area contributed by atoms with Crippen LogP contribution in [0, 0.1) is 6.92 Å². The van der Waals surface area contributed by atoms with Gasteiger partial charge in [0, 0.05) is 51.7 Å². The van der Waals surface area contributed by atoms with Crippen molar-refractivity contribution in [3.63, 3.8) is 0 Å². The molecule has 0 saturated carbocycles. The van der Waals surface area contributed by atoms with Crippen LogP contribution in [0.25, 0.3) is 10.2 Å². The molecule has 2 aromatic rings. The fraction of sp³-hybridized carbons (Fsp3) is 0.600. The molecule has 1 aliphatic heterocycles. The van der Waals surface area contributed by atoms with Crippen LogP contribution in [0.2, 0.25) is 0 Å². The molecule has 0 N–H and O–H groups in total. The van der Waals surface area contributed by atoms with Gasteiger partial charge in [0.1, 0.15) is 10.9 Å². The third-order valence-electron chi connectivity index (χ3n) is 5.45. The van der Waals surface area contributed by atoms with Gasteiger partial charge in [-0.25, -0.2) is 4.79 Å². The number of thiophene rings is 1. The van der Waals surface area contributed by atoms with Crippen LogP contribution in [0.4, 0.5) is 13.2 Å². The van der Waals surface area contributed by atoms with Crippen LogP contribution < -0.4 is 11.2 Å². The molecule has 0 spiro atoms. The van der Waals surface area contributed by atoms with Crippen molar-refractivity contribution in [3.05, 3.63) is 31.3 Å². The predicted octanol–water partition coefficient (Wildman–Crippen LogP) is 2.97. The van der Waals surface area contributed by atoms with E-state index in [0.29, 0.717) is 31.5 Å². The van der Waals surface area contributed by atoms with E-state index in [1.54, 1.807) is 18.7 Å². The molecule has 182 valence electrons. The van der Waals surface area contributed by atoms with Crippen molar-refractivity contribution in [2.24, 2.45) is 0 Å². The number of halogens is 3. The minimum Gasteiger partial charge on any atom is -0.462 e. The minimum atomic E-state index is -4.44. The van der Waals surface area contributed by atoms with Crippen molar-refractivity contribution >= 4 is 45.2 Å². The molecule has 3 rings (SSSR count). The normalized spacial score (nSPS) is 15.3. The number of piperidine rings is 1. The number of esters is 1. The molecule has 0 bridgehead atoms. The largest absolute Gasteiger partial charge is 0.462 e. The summed E-state index contributed by atoms with van der Waals surface area (Å²) in [5.41, 5.74) is -5.28. The first-order valence-electron chi connectivity index (χ1n) is 10.4. The van der Waals surface area contributed by atoms with E-state index in [4.69, 9.17) is 4.74 Å². The number of fused-ring (bicyclic) bond motifs is 1. The number of thioether (sulfide) groups is 1. The highest BCUT2D eigenvalue weighted by atomic mass is 32.2. The molecular formula is C20H24F3N3O5S2. The van der Waals surface area contributed by atoms with Crippen LogP contribution in [0.15, 0.2) is 9.59 Å². The maximum Gasteiger partial charge on any atom is 0.441 e. The molecule has 0 unspecified atom stereocenters. The third kappa shape index (κ3) is 5.45. The minimum absolute atomic E-state index is 0.0578. The van der Waals surface area contributed by atoms with Crippen molar-refractivity contribution in [2.45, 2.75) is 58.3 Å². The summed E-state index contributed by atoms with van der Waals surface area (Å²) in [7, 11) is 0. The Bertz CT molecular complexity index is 1180. The molecule has 2 aromatic heterocycles. The monoisotopic (exact) mass is 507 g/mol. The van der Waals surface area contributed by atoms with Gasteiger partial charge in [0.15, 0.2) is 0 Å². The van der Waals surface area contributed by atoms with Gasteiger partial charge in [-0.05, 0) is 31.2 Å². The number of carbonyl (C=O) groups is 2. The highest BCUT2D eigenvalue weighted by Gasteiger charge is 2.30. The van der Waals surface area contributed by atoms with Gasteiger partial charge in [0.05, 0.1) is 10.3 Å². The molecular weight excluding hydrogens is 483 g/mol. The fourth-order valence-corrected chi connectivity index (χ4v) is 5.67. The van der Waals surface area contributed by atoms with E-state index in [1.165, 1.54) is 6.92 Å². The molecule has 0 radical (unpaired) electrons. The molecule has 0 aliphatic carbocycles. The SMILES string of the molecule is CCn1c(=O)c2c(C)c(C(=O)N3CCC(OC(C)=O)CC3)sc2n(CCSC(F)(F)F)c1=O. The number of aromatic nitrogens is 2. The van der Waals surface area contributed by atoms with Crippen molar-refractivity contribution in [1.82, 2.24) is 14.0 Å². The first kappa shape index (κ1) is 25.3. The standard InChI is InChI=1S/C20H24F3N3O5S2/c1-4-25-16(28)14-11(2)15(17(29)24-7-5-13(6-8-24)31-12(3)27)33-18(14)26(19(25)30)9-10-32-20(21,22)23/h13H,4-10H2,1-3H3. The average molecular weight is 508 g/mol. The number of alkyl halides is 3. The lowest BCUT2D eigenvalue weighted by Gasteiger charge is -2.31. The molecule has 0 atom stereocenters. The molecule has 1 fully saturated rings. The van der Waals surface area contributed by atoms with Crippen molar-refractivity contribution in [2.75, 3.05) is 18.8 Å². The van der Waals surface area contributed by atoms with Gasteiger partial charge < -0.3 is 9.64 Å². The highest BCUT2D eigenvalue weighted by molar-refractivity contribution is 8.00. The Balaban J connectivity index is 1.97. The zero-order valence-electron chi connectivity index (χ0n) is 18.4. The summed E-state index contributed by atoms with van der Waals surface area (Å²) in [6.45, 7) is 5.07. The summed E-state index contributed by atoms with van der Waals surface area (Å²) >= 11 is 0.706. The van der Waals surface area contributed by atoms with Crippen LogP contribution in [0.5, 0.6) is 0 Å². The van der Waals surface area contributed by atoms with Gasteiger partial charge in [-0.2, -0.15) is 13.2 Å². The lowest BCUT2D eigenvalue weighted by atomic mass is 10.1. The molecule has 1 amide bonds. The molecule has 0 aromatic carbocycles. The number of amides is 1. The maximum absolute atomic E-state index is 13.2. The van der Waals surface area contributed by atoms with E-state index >= 15 is 0 Å². The number of rotatable bonds is 6. The molecule has 1 saturated heterocycles. The third-order valence-corrected chi connectivity index (χ3v) is 7.46. The lowest BCUT2D eigenvalue weighted by molar-refractivity contribution is -0.148. The van der Waals surface area contributed by atoms with Gasteiger partial charge in [-0.3, -0.25) is 23.5 Å². The van der Waals surface area contributed by atoms with Crippen LogP contribution in [-0.2, 0) is 22.6 Å². The zero-order chi connectivity index (χ0) is 24.5. The Morgan fingerprint density at radius 3 is 2.36 bits per heavy atom. The summed E-state index contributed by atoms with van der Waals surface area (Å²) < 4.78 is 45.1. The van der Waals surface area contributed by atoms with E-state index in [0.717, 1.165) is 20.5 Å². The lowest BCUT2D eigenvalue weighted by Crippen LogP contribution is -2.41. The molecule has 8 nitrogen and oxygen atoms in total. The summed E-state index contributed by atoms with van der Waals surface area (Å²) in [6, 6.07) is 0. The fourth-order valence-electron chi connectivity index (χ4n) is 3.88. The Hall–Kier alpha value is -2.28. The van der Waals surface area contributed by atoms with Gasteiger partial charge >= 0.3 is 17.2 Å². The number of carbonyl (C=O) groups excluding carboxylic acids is 2. The van der Waals surface area contributed by atoms with Crippen molar-refractivity contribution in [1.29, 1.82) is 0 Å². The second-order valence-electron chi connectivity index (χ2n) is 7.62. The van der Waals surface area contributed by atoms with Crippen LogP contribution >= 0.6 is 23.1 Å².